The largest absolute Gasteiger partial charge is 0.350 e. The van der Waals surface area contributed by atoms with E-state index < -0.39 is 0 Å². The van der Waals surface area contributed by atoms with Crippen molar-refractivity contribution in [2.75, 3.05) is 0 Å². The molecule has 1 atom stereocenters. The number of fused-ring (bicyclic) bond motifs is 2. The van der Waals surface area contributed by atoms with Gasteiger partial charge < -0.3 is 14.1 Å². The average molecular weight is 697 g/mol. The molecule has 4 heterocycles. The molecule has 0 saturated heterocycles. The number of aromatic amines is 1. The van der Waals surface area contributed by atoms with E-state index >= 15 is 0 Å². The van der Waals surface area contributed by atoms with Crippen molar-refractivity contribution in [2.45, 2.75) is 6.04 Å². The molecule has 0 saturated carbocycles. The molecule has 258 valence electrons. The van der Waals surface area contributed by atoms with Gasteiger partial charge in [0, 0.05) is 70.5 Å². The van der Waals surface area contributed by atoms with Gasteiger partial charge in [-0.2, -0.15) is 0 Å². The second kappa shape index (κ2) is 12.9. The quantitative estimate of drug-likeness (QED) is 0.177. The molecule has 0 spiro atoms. The van der Waals surface area contributed by atoms with Crippen LogP contribution in [0.3, 0.4) is 0 Å². The van der Waals surface area contributed by atoms with Gasteiger partial charge in [0.05, 0.1) is 17.1 Å². The number of H-pyrrole nitrogens is 1. The third-order valence-electron chi connectivity index (χ3n) is 10.6. The van der Waals surface area contributed by atoms with E-state index in [1.54, 1.807) is 0 Å². The Bertz CT molecular complexity index is 2870. The van der Waals surface area contributed by atoms with Crippen molar-refractivity contribution < 1.29 is 0 Å². The summed E-state index contributed by atoms with van der Waals surface area (Å²) in [4.78, 5) is 19.4. The van der Waals surface area contributed by atoms with E-state index in [2.05, 4.69) is 186 Å². The molecular formula is C48H36N6. The molecule has 1 aliphatic rings. The number of aryl methyl sites for hydroxylation is 2. The van der Waals surface area contributed by atoms with Gasteiger partial charge in [-0.1, -0.05) is 146 Å². The van der Waals surface area contributed by atoms with Crippen LogP contribution in [0.4, 0.5) is 0 Å². The minimum Gasteiger partial charge on any atom is -0.350 e. The van der Waals surface area contributed by atoms with Gasteiger partial charge in [-0.3, -0.25) is 4.99 Å². The van der Waals surface area contributed by atoms with Gasteiger partial charge in [0.25, 0.3) is 0 Å². The number of hydrogen-bond donors (Lipinski definition) is 1. The normalized spacial score (nSPS) is 14.1. The molecule has 0 unspecified atom stereocenters. The first-order valence-electron chi connectivity index (χ1n) is 18.3. The summed E-state index contributed by atoms with van der Waals surface area (Å²) in [5.74, 6) is 1.63. The molecule has 6 aromatic carbocycles. The summed E-state index contributed by atoms with van der Waals surface area (Å²) in [7, 11) is 4.16. The second-order valence-corrected chi connectivity index (χ2v) is 13.9. The Kier molecular flexibility index (Phi) is 7.54. The predicted octanol–water partition coefficient (Wildman–Crippen LogP) is 11.1. The second-order valence-electron chi connectivity index (χ2n) is 13.9. The van der Waals surface area contributed by atoms with Crippen molar-refractivity contribution in [2.24, 2.45) is 24.1 Å². The maximum atomic E-state index is 5.23. The third kappa shape index (κ3) is 5.39. The summed E-state index contributed by atoms with van der Waals surface area (Å²) in [6, 6.07) is 55.1. The van der Waals surface area contributed by atoms with Crippen LogP contribution in [0.15, 0.2) is 180 Å². The molecule has 0 aliphatic carbocycles. The number of nitrogens with zero attached hydrogens (tertiary/aromatic N) is 5. The first-order chi connectivity index (χ1) is 26.6. The summed E-state index contributed by atoms with van der Waals surface area (Å²) in [5.41, 5.74) is 14.0. The lowest BCUT2D eigenvalue weighted by Gasteiger charge is -2.12. The van der Waals surface area contributed by atoms with Crippen LogP contribution in [-0.2, 0) is 14.1 Å². The van der Waals surface area contributed by atoms with Gasteiger partial charge in [-0.05, 0) is 34.4 Å². The van der Waals surface area contributed by atoms with E-state index in [9.17, 15) is 0 Å². The zero-order valence-electron chi connectivity index (χ0n) is 30.0. The zero-order valence-corrected chi connectivity index (χ0v) is 30.0. The van der Waals surface area contributed by atoms with Gasteiger partial charge in [-0.15, -0.1) is 0 Å². The van der Waals surface area contributed by atoms with Crippen molar-refractivity contribution in [3.8, 4) is 45.0 Å². The number of benzene rings is 6. The number of para-hydroxylation sites is 2. The highest BCUT2D eigenvalue weighted by Gasteiger charge is 2.28. The lowest BCUT2D eigenvalue weighted by atomic mass is 9.95. The van der Waals surface area contributed by atoms with Crippen LogP contribution in [0.2, 0.25) is 0 Å². The molecule has 0 amide bonds. The Morgan fingerprint density at radius 3 is 1.67 bits per heavy atom. The van der Waals surface area contributed by atoms with Crippen molar-refractivity contribution in [3.05, 3.63) is 187 Å². The van der Waals surface area contributed by atoms with Crippen LogP contribution in [0, 0.1) is 0 Å². The van der Waals surface area contributed by atoms with E-state index in [4.69, 9.17) is 15.0 Å². The molecule has 0 bridgehead atoms. The number of rotatable bonds is 7. The predicted molar refractivity (Wildman–Crippen MR) is 222 cm³/mol. The molecule has 6 nitrogen and oxygen atoms in total. The fourth-order valence-electron chi connectivity index (χ4n) is 7.84. The Hall–Kier alpha value is -7.05. The standard InChI is InChI=1S/C48H36N6/c1-53-29-39(37-17-9-11-19-41(37)53)47-49-43(33-13-5-3-6-14-33)45(51-47)35-25-21-31(22-26-35)32-23-27-36(28-24-32)46-44(34-15-7-4-8-16-34)50-48(52-46)40-30-54(2)42-20-12-10-18-38(40)42/h3-30,43H,1-2H3,(H,50,52)/t43-/m0/s1. The van der Waals surface area contributed by atoms with Gasteiger partial charge in [0.2, 0.25) is 0 Å². The maximum Gasteiger partial charge on any atom is 0.158 e. The van der Waals surface area contributed by atoms with E-state index in [0.29, 0.717) is 0 Å². The van der Waals surface area contributed by atoms with Crippen LogP contribution in [0.5, 0.6) is 0 Å². The van der Waals surface area contributed by atoms with Gasteiger partial charge in [-0.25, -0.2) is 9.98 Å². The number of hydrogen-bond acceptors (Lipinski definition) is 3. The molecule has 9 aromatic rings. The van der Waals surface area contributed by atoms with Crippen molar-refractivity contribution in [1.82, 2.24) is 19.1 Å². The summed E-state index contributed by atoms with van der Waals surface area (Å²) < 4.78 is 4.31. The lowest BCUT2D eigenvalue weighted by molar-refractivity contribution is 0.965. The highest BCUT2D eigenvalue weighted by molar-refractivity contribution is 6.22. The highest BCUT2D eigenvalue weighted by atomic mass is 15.0. The fourth-order valence-corrected chi connectivity index (χ4v) is 7.84. The molecule has 0 fully saturated rings. The van der Waals surface area contributed by atoms with Crippen LogP contribution >= 0.6 is 0 Å². The summed E-state index contributed by atoms with van der Waals surface area (Å²) >= 11 is 0. The number of nitrogens with one attached hydrogen (secondary N) is 1. The molecular weight excluding hydrogens is 661 g/mol. The number of amidine groups is 1. The smallest absolute Gasteiger partial charge is 0.158 e. The number of aliphatic imine (C=N–C) groups is 2. The van der Waals surface area contributed by atoms with Crippen LogP contribution in [-0.4, -0.2) is 30.6 Å². The lowest BCUT2D eigenvalue weighted by Crippen LogP contribution is -2.09. The Morgan fingerprint density at radius 1 is 0.500 bits per heavy atom. The molecule has 54 heavy (non-hydrogen) atoms. The van der Waals surface area contributed by atoms with Crippen LogP contribution in [0.25, 0.3) is 66.8 Å². The first-order valence-corrected chi connectivity index (χ1v) is 18.3. The zero-order chi connectivity index (χ0) is 36.2. The molecule has 1 N–H and O–H groups in total. The van der Waals surface area contributed by atoms with Crippen molar-refractivity contribution in [1.29, 1.82) is 0 Å². The van der Waals surface area contributed by atoms with Gasteiger partial charge >= 0.3 is 0 Å². The summed E-state index contributed by atoms with van der Waals surface area (Å²) in [6.45, 7) is 0. The molecule has 0 radical (unpaired) electrons. The van der Waals surface area contributed by atoms with E-state index in [1.165, 1.54) is 16.4 Å². The van der Waals surface area contributed by atoms with Crippen LogP contribution < -0.4 is 0 Å². The molecule has 10 rings (SSSR count). The third-order valence-corrected chi connectivity index (χ3v) is 10.6. The molecule has 3 aromatic heterocycles. The summed E-state index contributed by atoms with van der Waals surface area (Å²) in [5, 5.41) is 2.33. The number of aromatic nitrogens is 4. The Morgan fingerprint density at radius 2 is 1.02 bits per heavy atom. The molecule has 1 aliphatic heterocycles. The Labute approximate surface area is 313 Å². The number of imidazole rings is 1. The van der Waals surface area contributed by atoms with Crippen molar-refractivity contribution >= 4 is 33.4 Å². The Balaban J connectivity index is 0.984. The minimum absolute atomic E-state index is 0.184. The summed E-state index contributed by atoms with van der Waals surface area (Å²) in [6.07, 6.45) is 4.30. The topological polar surface area (TPSA) is 63.3 Å². The fraction of sp³-hybridized carbons (Fsp3) is 0.0625. The SMILES string of the molecule is Cn1cc(C2=N[C@@H](c3ccccc3)C(c3ccc(-c4ccc(-c5nc(-c6cn(C)c7ccccc67)[nH]c5-c5ccccc5)cc4)cc3)=N2)c2ccccc21. The molecule has 6 heteroatoms. The average Bonchev–Trinajstić information content (AvgIpc) is 4.03. The maximum absolute atomic E-state index is 5.23. The van der Waals surface area contributed by atoms with Crippen LogP contribution in [0.1, 0.15) is 22.7 Å². The minimum atomic E-state index is -0.184. The first kappa shape index (κ1) is 31.7. The van der Waals surface area contributed by atoms with E-state index in [-0.39, 0.29) is 6.04 Å². The van der Waals surface area contributed by atoms with E-state index in [1.807, 2.05) is 12.1 Å². The van der Waals surface area contributed by atoms with Gasteiger partial charge in [0.1, 0.15) is 11.9 Å². The van der Waals surface area contributed by atoms with E-state index in [0.717, 1.165) is 78.7 Å². The van der Waals surface area contributed by atoms with Crippen molar-refractivity contribution in [3.63, 3.8) is 0 Å². The van der Waals surface area contributed by atoms with Gasteiger partial charge in [0.15, 0.2) is 5.84 Å². The monoisotopic (exact) mass is 696 g/mol. The highest BCUT2D eigenvalue weighted by Crippen LogP contribution is 2.37.